The molecule has 0 aromatic heterocycles. The zero-order valence-corrected chi connectivity index (χ0v) is 10.4. The van der Waals surface area contributed by atoms with Gasteiger partial charge < -0.3 is 5.73 Å². The van der Waals surface area contributed by atoms with Gasteiger partial charge in [0, 0.05) is 6.04 Å². The molecule has 0 bridgehead atoms. The molecule has 0 aliphatic heterocycles. The first-order valence-corrected chi connectivity index (χ1v) is 6.92. The first-order valence-electron chi connectivity index (χ1n) is 6.92. The van der Waals surface area contributed by atoms with Gasteiger partial charge in [0.1, 0.15) is 0 Å². The Hall–Kier alpha value is -0.0400. The Labute approximate surface area is 94.8 Å². The lowest BCUT2D eigenvalue weighted by atomic mass is 9.75. The number of hydrogen-bond acceptors (Lipinski definition) is 1. The molecule has 0 spiro atoms. The van der Waals surface area contributed by atoms with Crippen molar-refractivity contribution in [1.29, 1.82) is 0 Å². The van der Waals surface area contributed by atoms with Gasteiger partial charge in [0.15, 0.2) is 0 Å². The highest BCUT2D eigenvalue weighted by atomic mass is 14.7. The second kappa shape index (κ2) is 4.86. The van der Waals surface area contributed by atoms with E-state index < -0.39 is 0 Å². The Morgan fingerprint density at radius 1 is 0.867 bits per heavy atom. The van der Waals surface area contributed by atoms with E-state index >= 15 is 0 Å². The van der Waals surface area contributed by atoms with Crippen LogP contribution in [0.25, 0.3) is 0 Å². The SMILES string of the molecule is CC1CCCC(C(N)C2CCC(C)C2)C1. The van der Waals surface area contributed by atoms with Crippen LogP contribution in [-0.2, 0) is 0 Å². The van der Waals surface area contributed by atoms with Crippen LogP contribution in [0.4, 0.5) is 0 Å². The topological polar surface area (TPSA) is 26.0 Å². The third-order valence-corrected chi connectivity index (χ3v) is 4.80. The maximum absolute atomic E-state index is 6.48. The quantitative estimate of drug-likeness (QED) is 0.739. The zero-order valence-electron chi connectivity index (χ0n) is 10.4. The molecule has 88 valence electrons. The summed E-state index contributed by atoms with van der Waals surface area (Å²) in [5.41, 5.74) is 6.48. The Bertz CT molecular complexity index is 202. The highest BCUT2D eigenvalue weighted by Gasteiger charge is 2.33. The lowest BCUT2D eigenvalue weighted by Crippen LogP contribution is -2.38. The molecule has 5 atom stereocenters. The minimum Gasteiger partial charge on any atom is -0.327 e. The summed E-state index contributed by atoms with van der Waals surface area (Å²) in [7, 11) is 0. The van der Waals surface area contributed by atoms with E-state index in [1.165, 1.54) is 44.9 Å². The summed E-state index contributed by atoms with van der Waals surface area (Å²) in [6.45, 7) is 4.78. The predicted octanol–water partition coefficient (Wildman–Crippen LogP) is 3.58. The van der Waals surface area contributed by atoms with Crippen LogP contribution < -0.4 is 5.73 Å². The van der Waals surface area contributed by atoms with E-state index in [1.54, 1.807) is 0 Å². The third-order valence-electron chi connectivity index (χ3n) is 4.80. The van der Waals surface area contributed by atoms with E-state index in [-0.39, 0.29) is 0 Å². The molecule has 0 saturated heterocycles. The van der Waals surface area contributed by atoms with Gasteiger partial charge >= 0.3 is 0 Å². The van der Waals surface area contributed by atoms with Crippen LogP contribution in [0.5, 0.6) is 0 Å². The molecule has 0 amide bonds. The van der Waals surface area contributed by atoms with Crippen molar-refractivity contribution in [2.45, 2.75) is 64.8 Å². The Balaban J connectivity index is 1.86. The monoisotopic (exact) mass is 209 g/mol. The molecule has 0 radical (unpaired) electrons. The molecule has 0 aromatic carbocycles. The van der Waals surface area contributed by atoms with Crippen LogP contribution in [0, 0.1) is 23.7 Å². The fourth-order valence-electron chi connectivity index (χ4n) is 3.82. The molecular weight excluding hydrogens is 182 g/mol. The van der Waals surface area contributed by atoms with E-state index in [9.17, 15) is 0 Å². The molecule has 2 rings (SSSR count). The summed E-state index contributed by atoms with van der Waals surface area (Å²) in [6, 6.07) is 0.512. The molecule has 2 aliphatic carbocycles. The largest absolute Gasteiger partial charge is 0.327 e. The average molecular weight is 209 g/mol. The van der Waals surface area contributed by atoms with Crippen LogP contribution >= 0.6 is 0 Å². The summed E-state index contributed by atoms with van der Waals surface area (Å²) in [5.74, 6) is 3.54. The van der Waals surface area contributed by atoms with Crippen LogP contribution in [0.1, 0.15) is 58.8 Å². The molecule has 0 aromatic rings. The average Bonchev–Trinajstić information content (AvgIpc) is 2.64. The van der Waals surface area contributed by atoms with Crippen molar-refractivity contribution in [1.82, 2.24) is 0 Å². The molecule has 2 aliphatic rings. The molecule has 2 saturated carbocycles. The van der Waals surface area contributed by atoms with Crippen molar-refractivity contribution >= 4 is 0 Å². The van der Waals surface area contributed by atoms with Gasteiger partial charge in [-0.15, -0.1) is 0 Å². The Morgan fingerprint density at radius 2 is 1.47 bits per heavy atom. The van der Waals surface area contributed by atoms with Gasteiger partial charge in [-0.2, -0.15) is 0 Å². The number of nitrogens with two attached hydrogens (primary N) is 1. The van der Waals surface area contributed by atoms with Crippen LogP contribution in [0.15, 0.2) is 0 Å². The fraction of sp³-hybridized carbons (Fsp3) is 1.00. The second-order valence-electron chi connectivity index (χ2n) is 6.29. The van der Waals surface area contributed by atoms with Crippen LogP contribution in [0.2, 0.25) is 0 Å². The highest BCUT2D eigenvalue weighted by Crippen LogP contribution is 2.39. The summed E-state index contributed by atoms with van der Waals surface area (Å²) >= 11 is 0. The van der Waals surface area contributed by atoms with Gasteiger partial charge in [-0.05, 0) is 49.4 Å². The number of hydrogen-bond donors (Lipinski definition) is 1. The van der Waals surface area contributed by atoms with E-state index in [2.05, 4.69) is 13.8 Å². The lowest BCUT2D eigenvalue weighted by Gasteiger charge is -2.34. The predicted molar refractivity (Wildman–Crippen MR) is 65.6 cm³/mol. The van der Waals surface area contributed by atoms with E-state index in [0.717, 1.165) is 23.7 Å². The van der Waals surface area contributed by atoms with Gasteiger partial charge in [0.2, 0.25) is 0 Å². The Kier molecular flexibility index (Phi) is 3.71. The summed E-state index contributed by atoms with van der Waals surface area (Å²) in [4.78, 5) is 0. The number of rotatable bonds is 2. The van der Waals surface area contributed by atoms with Crippen molar-refractivity contribution < 1.29 is 0 Å². The van der Waals surface area contributed by atoms with Gasteiger partial charge in [-0.3, -0.25) is 0 Å². The van der Waals surface area contributed by atoms with Gasteiger partial charge in [-0.1, -0.05) is 33.1 Å². The standard InChI is InChI=1S/C14H27N/c1-10-4-3-5-12(8-10)14(15)13-7-6-11(2)9-13/h10-14H,3-9,15H2,1-2H3. The summed E-state index contributed by atoms with van der Waals surface area (Å²) in [6.07, 6.45) is 9.86. The summed E-state index contributed by atoms with van der Waals surface area (Å²) in [5, 5.41) is 0. The van der Waals surface area contributed by atoms with Crippen molar-refractivity contribution in [3.05, 3.63) is 0 Å². The Morgan fingerprint density at radius 3 is 2.07 bits per heavy atom. The minimum atomic E-state index is 0.512. The molecule has 0 heterocycles. The second-order valence-corrected chi connectivity index (χ2v) is 6.29. The summed E-state index contributed by atoms with van der Waals surface area (Å²) < 4.78 is 0. The van der Waals surface area contributed by atoms with Gasteiger partial charge in [0.05, 0.1) is 0 Å². The van der Waals surface area contributed by atoms with Crippen molar-refractivity contribution in [3.8, 4) is 0 Å². The van der Waals surface area contributed by atoms with Crippen molar-refractivity contribution in [2.75, 3.05) is 0 Å². The molecule has 5 unspecified atom stereocenters. The van der Waals surface area contributed by atoms with Crippen molar-refractivity contribution in [2.24, 2.45) is 29.4 Å². The van der Waals surface area contributed by atoms with Gasteiger partial charge in [0.25, 0.3) is 0 Å². The van der Waals surface area contributed by atoms with E-state index in [4.69, 9.17) is 5.73 Å². The molecule has 2 N–H and O–H groups in total. The normalized spacial score (nSPS) is 44.2. The van der Waals surface area contributed by atoms with E-state index in [1.807, 2.05) is 0 Å². The maximum atomic E-state index is 6.48. The highest BCUT2D eigenvalue weighted by molar-refractivity contribution is 4.87. The molecular formula is C14H27N. The van der Waals surface area contributed by atoms with Gasteiger partial charge in [-0.25, -0.2) is 0 Å². The fourth-order valence-corrected chi connectivity index (χ4v) is 3.82. The minimum absolute atomic E-state index is 0.512. The van der Waals surface area contributed by atoms with Crippen LogP contribution in [0.3, 0.4) is 0 Å². The lowest BCUT2D eigenvalue weighted by molar-refractivity contribution is 0.204. The molecule has 1 nitrogen and oxygen atoms in total. The molecule has 2 fully saturated rings. The third kappa shape index (κ3) is 2.75. The first-order chi connectivity index (χ1) is 7.16. The smallest absolute Gasteiger partial charge is 0.00958 e. The van der Waals surface area contributed by atoms with Crippen LogP contribution in [-0.4, -0.2) is 6.04 Å². The van der Waals surface area contributed by atoms with E-state index in [0.29, 0.717) is 6.04 Å². The first kappa shape index (κ1) is 11.4. The van der Waals surface area contributed by atoms with Crippen molar-refractivity contribution in [3.63, 3.8) is 0 Å². The molecule has 1 heteroatoms. The zero-order chi connectivity index (χ0) is 10.8. The maximum Gasteiger partial charge on any atom is 0.00958 e. The molecule has 15 heavy (non-hydrogen) atoms.